The molecule has 1 amide bonds. The number of carbonyl (C=O) groups excluding carboxylic acids is 1. The van der Waals surface area contributed by atoms with Crippen molar-refractivity contribution in [2.24, 2.45) is 5.92 Å². The Morgan fingerprint density at radius 1 is 1.33 bits per heavy atom. The van der Waals surface area contributed by atoms with Crippen molar-refractivity contribution < 1.29 is 24.9 Å². The van der Waals surface area contributed by atoms with Crippen LogP contribution in [0.4, 0.5) is 0 Å². The van der Waals surface area contributed by atoms with Crippen LogP contribution in [0.1, 0.15) is 33.1 Å². The molecule has 2 heterocycles. The molecule has 0 aliphatic carbocycles. The number of alkyl halides is 1. The molecule has 9 atom stereocenters. The lowest BCUT2D eigenvalue weighted by atomic mass is 9.92. The van der Waals surface area contributed by atoms with Gasteiger partial charge >= 0.3 is 0 Å². The first kappa shape index (κ1) is 23.2. The maximum atomic E-state index is 12.9. The number of rotatable bonds is 7. The second kappa shape index (κ2) is 10.1. The Bertz CT molecular complexity index is 498. The Labute approximate surface area is 170 Å². The van der Waals surface area contributed by atoms with Crippen LogP contribution in [-0.2, 0) is 9.53 Å². The van der Waals surface area contributed by atoms with E-state index in [1.54, 1.807) is 13.2 Å². The van der Waals surface area contributed by atoms with Crippen LogP contribution in [-0.4, -0.2) is 93.3 Å². The number of likely N-dealkylation sites (N-methyl/N-ethyl adjacent to an activating group) is 1. The summed E-state index contributed by atoms with van der Waals surface area (Å²) in [7, 11) is 1.94. The van der Waals surface area contributed by atoms with Gasteiger partial charge in [-0.05, 0) is 39.0 Å². The zero-order valence-electron chi connectivity index (χ0n) is 16.4. The first-order chi connectivity index (χ1) is 12.7. The monoisotopic (exact) mass is 424 g/mol. The number of likely N-dealkylation sites (tertiary alicyclic amines) is 1. The van der Waals surface area contributed by atoms with Crippen LogP contribution in [0.15, 0.2) is 0 Å². The van der Waals surface area contributed by atoms with Crippen molar-refractivity contribution >= 4 is 29.3 Å². The van der Waals surface area contributed by atoms with Gasteiger partial charge in [0.1, 0.15) is 29.9 Å². The summed E-state index contributed by atoms with van der Waals surface area (Å²) in [6.45, 7) is 4.74. The van der Waals surface area contributed by atoms with Crippen LogP contribution in [0.3, 0.4) is 0 Å². The number of aliphatic hydroxyl groups is 3. The van der Waals surface area contributed by atoms with Crippen molar-refractivity contribution in [2.75, 3.05) is 19.8 Å². The Hall–Kier alpha value is -0.0900. The molecule has 0 radical (unpaired) electrons. The molecule has 7 nitrogen and oxygen atoms in total. The summed E-state index contributed by atoms with van der Waals surface area (Å²) in [5, 5.41) is 33.0. The van der Waals surface area contributed by atoms with Gasteiger partial charge in [0.25, 0.3) is 0 Å². The number of thioether (sulfide) groups is 1. The largest absolute Gasteiger partial charge is 0.388 e. The molecule has 0 spiro atoms. The molecule has 0 unspecified atom stereocenters. The van der Waals surface area contributed by atoms with Gasteiger partial charge < -0.3 is 25.4 Å². The van der Waals surface area contributed by atoms with Gasteiger partial charge in [0.05, 0.1) is 17.5 Å². The standard InChI is InChI=1S/C18H33ClN2O5S/c1-5-6-10-7-11(21(3)8-10)17(25)20-12(9(2)19)16-14(23)13(22)15(24)18(26-16)27-4/h9-16,18,22-24H,5-8H2,1-4H3,(H,20,25)/t9-,10-,11+,12-,13+,14-,15-,16-,18-/m1/s1. The fraction of sp³-hybridized carbons (Fsp3) is 0.944. The minimum Gasteiger partial charge on any atom is -0.388 e. The van der Waals surface area contributed by atoms with E-state index in [1.807, 2.05) is 11.9 Å². The van der Waals surface area contributed by atoms with Crippen LogP contribution >= 0.6 is 23.4 Å². The lowest BCUT2D eigenvalue weighted by Gasteiger charge is -2.44. The highest BCUT2D eigenvalue weighted by Crippen LogP contribution is 2.31. The number of aliphatic hydroxyl groups excluding tert-OH is 3. The van der Waals surface area contributed by atoms with Gasteiger partial charge in [-0.25, -0.2) is 0 Å². The molecular formula is C18H33ClN2O5S. The van der Waals surface area contributed by atoms with Crippen molar-refractivity contribution in [3.63, 3.8) is 0 Å². The smallest absolute Gasteiger partial charge is 0.237 e. The highest BCUT2D eigenvalue weighted by molar-refractivity contribution is 7.99. The number of carbonyl (C=O) groups is 1. The molecule has 0 aromatic carbocycles. The number of halogens is 1. The van der Waals surface area contributed by atoms with E-state index in [-0.39, 0.29) is 11.9 Å². The highest BCUT2D eigenvalue weighted by atomic mass is 35.5. The molecule has 0 aromatic rings. The molecule has 0 bridgehead atoms. The molecular weight excluding hydrogens is 392 g/mol. The molecule has 27 heavy (non-hydrogen) atoms. The van der Waals surface area contributed by atoms with Gasteiger partial charge in [-0.2, -0.15) is 0 Å². The average Bonchev–Trinajstić information content (AvgIpc) is 2.99. The molecule has 2 fully saturated rings. The molecule has 2 saturated heterocycles. The van der Waals surface area contributed by atoms with E-state index in [0.29, 0.717) is 5.92 Å². The number of hydrogen-bond donors (Lipinski definition) is 4. The predicted molar refractivity (Wildman–Crippen MR) is 107 cm³/mol. The molecule has 4 N–H and O–H groups in total. The SMILES string of the molecule is CCC[C@@H]1C[C@@H](C(=O)N[C@@H]([C@H]2O[C@H](SC)[C@H](O)[C@@H](O)[C@H]2O)[C@@H](C)Cl)N(C)C1. The van der Waals surface area contributed by atoms with Gasteiger partial charge in [-0.1, -0.05) is 13.3 Å². The van der Waals surface area contributed by atoms with E-state index < -0.39 is 41.3 Å². The Kier molecular flexibility index (Phi) is 8.67. The van der Waals surface area contributed by atoms with E-state index in [2.05, 4.69) is 12.2 Å². The van der Waals surface area contributed by atoms with E-state index in [4.69, 9.17) is 16.3 Å². The predicted octanol–water partition coefficient (Wildman–Crippen LogP) is 0.390. The fourth-order valence-electron chi connectivity index (χ4n) is 4.11. The topological polar surface area (TPSA) is 102 Å². The number of hydrogen-bond acceptors (Lipinski definition) is 7. The molecule has 0 saturated carbocycles. The minimum atomic E-state index is -1.36. The zero-order chi connectivity index (χ0) is 20.3. The summed E-state index contributed by atoms with van der Waals surface area (Å²) in [4.78, 5) is 14.9. The normalized spacial score (nSPS) is 39.9. The van der Waals surface area contributed by atoms with Crippen molar-refractivity contribution in [1.82, 2.24) is 10.2 Å². The summed E-state index contributed by atoms with van der Waals surface area (Å²) in [6, 6.07) is -0.934. The Balaban J connectivity index is 2.09. The summed E-state index contributed by atoms with van der Waals surface area (Å²) >= 11 is 7.55. The van der Waals surface area contributed by atoms with Crippen molar-refractivity contribution in [3.05, 3.63) is 0 Å². The van der Waals surface area contributed by atoms with Crippen molar-refractivity contribution in [3.8, 4) is 0 Å². The molecule has 2 aliphatic rings. The van der Waals surface area contributed by atoms with Crippen LogP contribution in [0.25, 0.3) is 0 Å². The summed E-state index contributed by atoms with van der Waals surface area (Å²) in [6.07, 6.45) is -0.0980. The van der Waals surface area contributed by atoms with E-state index in [9.17, 15) is 20.1 Å². The van der Waals surface area contributed by atoms with Crippen molar-refractivity contribution in [1.29, 1.82) is 0 Å². The highest BCUT2D eigenvalue weighted by Gasteiger charge is 2.48. The maximum Gasteiger partial charge on any atom is 0.237 e. The third-order valence-electron chi connectivity index (χ3n) is 5.63. The molecule has 2 rings (SSSR count). The molecule has 0 aromatic heterocycles. The fourth-order valence-corrected chi connectivity index (χ4v) is 5.00. The van der Waals surface area contributed by atoms with Crippen LogP contribution < -0.4 is 5.32 Å². The zero-order valence-corrected chi connectivity index (χ0v) is 18.0. The van der Waals surface area contributed by atoms with Crippen LogP contribution in [0.5, 0.6) is 0 Å². The van der Waals surface area contributed by atoms with Crippen molar-refractivity contribution in [2.45, 2.75) is 80.4 Å². The number of nitrogens with zero attached hydrogens (tertiary/aromatic N) is 1. The van der Waals surface area contributed by atoms with Crippen LogP contribution in [0.2, 0.25) is 0 Å². The lowest BCUT2D eigenvalue weighted by molar-refractivity contribution is -0.205. The maximum absolute atomic E-state index is 12.9. The quantitative estimate of drug-likeness (QED) is 0.438. The third kappa shape index (κ3) is 5.29. The number of nitrogens with one attached hydrogen (secondary N) is 1. The third-order valence-corrected chi connectivity index (χ3v) is 6.76. The van der Waals surface area contributed by atoms with E-state index in [0.717, 1.165) is 25.8 Å². The summed E-state index contributed by atoms with van der Waals surface area (Å²) < 4.78 is 5.79. The van der Waals surface area contributed by atoms with Crippen LogP contribution in [0, 0.1) is 5.92 Å². The first-order valence-electron chi connectivity index (χ1n) is 9.58. The van der Waals surface area contributed by atoms with Gasteiger partial charge in [0, 0.05) is 6.54 Å². The average molecular weight is 425 g/mol. The number of amides is 1. The van der Waals surface area contributed by atoms with E-state index >= 15 is 0 Å². The minimum absolute atomic E-state index is 0.147. The molecule has 158 valence electrons. The van der Waals surface area contributed by atoms with Gasteiger partial charge in [-0.3, -0.25) is 9.69 Å². The first-order valence-corrected chi connectivity index (χ1v) is 11.3. The molecule has 9 heteroatoms. The second-order valence-electron chi connectivity index (χ2n) is 7.73. The lowest BCUT2D eigenvalue weighted by Crippen LogP contribution is -2.65. The Morgan fingerprint density at radius 3 is 2.56 bits per heavy atom. The second-order valence-corrected chi connectivity index (χ2v) is 9.36. The summed E-state index contributed by atoms with van der Waals surface area (Å²) in [5.74, 6) is 0.350. The van der Waals surface area contributed by atoms with E-state index in [1.165, 1.54) is 11.8 Å². The Morgan fingerprint density at radius 2 is 2.00 bits per heavy atom. The van der Waals surface area contributed by atoms with Gasteiger partial charge in [0.15, 0.2) is 0 Å². The molecule has 2 aliphatic heterocycles. The number of ether oxygens (including phenoxy) is 1. The van der Waals surface area contributed by atoms with Gasteiger partial charge in [0.2, 0.25) is 5.91 Å². The van der Waals surface area contributed by atoms with Gasteiger partial charge in [-0.15, -0.1) is 23.4 Å². The summed E-state index contributed by atoms with van der Waals surface area (Å²) in [5.41, 5.74) is -0.702.